The van der Waals surface area contributed by atoms with E-state index in [2.05, 4.69) is 21.3 Å². The van der Waals surface area contributed by atoms with Crippen molar-refractivity contribution in [3.8, 4) is 5.75 Å². The first kappa shape index (κ1) is 32.3. The highest BCUT2D eigenvalue weighted by Gasteiger charge is 2.40. The van der Waals surface area contributed by atoms with E-state index in [1.807, 2.05) is 13.8 Å². The third-order valence-electron chi connectivity index (χ3n) is 7.26. The number of carbonyl (C=O) groups excluding carboxylic acids is 6. The Hall–Kier alpha value is -4.20. The summed E-state index contributed by atoms with van der Waals surface area (Å²) in [6, 6.07) is 2.96. The molecule has 0 aromatic heterocycles. The Balaban J connectivity index is 1.89. The predicted molar refractivity (Wildman–Crippen MR) is 149 cm³/mol. The molecule has 2 saturated heterocycles. The Labute approximate surface area is 244 Å². The van der Waals surface area contributed by atoms with E-state index in [1.165, 1.54) is 17.5 Å². The molecule has 2 aliphatic rings. The average Bonchev–Trinajstić information content (AvgIpc) is 3.46. The molecule has 6 amide bonds. The second kappa shape index (κ2) is 15.1. The monoisotopic (exact) mass is 588 g/mol. The van der Waals surface area contributed by atoms with Crippen LogP contribution in [0, 0.1) is 5.92 Å². The van der Waals surface area contributed by atoms with Gasteiger partial charge in [-0.25, -0.2) is 5.48 Å². The van der Waals surface area contributed by atoms with E-state index in [0.717, 1.165) is 5.56 Å². The molecule has 4 atom stereocenters. The fourth-order valence-electron chi connectivity index (χ4n) is 5.07. The Morgan fingerprint density at radius 2 is 1.62 bits per heavy atom. The number of fused-ring (bicyclic) bond motifs is 1. The first-order chi connectivity index (χ1) is 20.0. The molecule has 1 aromatic carbocycles. The molecule has 2 fully saturated rings. The van der Waals surface area contributed by atoms with Crippen molar-refractivity contribution >= 4 is 35.4 Å². The fraction of sp³-hybridized carbons (Fsp3) is 0.571. The maximum atomic E-state index is 13.6. The van der Waals surface area contributed by atoms with Gasteiger partial charge in [0.05, 0.1) is 13.7 Å². The normalized spacial score (nSPS) is 23.1. The molecule has 0 saturated carbocycles. The summed E-state index contributed by atoms with van der Waals surface area (Å²) in [5, 5.41) is 19.1. The van der Waals surface area contributed by atoms with Gasteiger partial charge in [-0.1, -0.05) is 26.0 Å². The Morgan fingerprint density at radius 1 is 0.976 bits per heavy atom. The summed E-state index contributed by atoms with van der Waals surface area (Å²) in [5.41, 5.74) is 2.12. The van der Waals surface area contributed by atoms with Crippen LogP contribution in [0.3, 0.4) is 0 Å². The Bertz CT molecular complexity index is 1160. The number of benzene rings is 1. The van der Waals surface area contributed by atoms with Crippen molar-refractivity contribution in [2.75, 3.05) is 20.2 Å². The molecule has 6 N–H and O–H groups in total. The van der Waals surface area contributed by atoms with Gasteiger partial charge in [-0.05, 0) is 49.3 Å². The largest absolute Gasteiger partial charge is 0.497 e. The zero-order chi connectivity index (χ0) is 30.8. The van der Waals surface area contributed by atoms with Gasteiger partial charge in [0.25, 0.3) is 5.91 Å². The number of methoxy groups -OCH3 is 1. The number of nitrogens with one attached hydrogen (secondary N) is 5. The third kappa shape index (κ3) is 8.90. The lowest BCUT2D eigenvalue weighted by Gasteiger charge is -2.33. The third-order valence-corrected chi connectivity index (χ3v) is 7.26. The first-order valence-corrected chi connectivity index (χ1v) is 14.1. The van der Waals surface area contributed by atoms with Crippen LogP contribution in [-0.4, -0.2) is 89.9 Å². The van der Waals surface area contributed by atoms with Crippen molar-refractivity contribution in [2.24, 2.45) is 5.92 Å². The quantitative estimate of drug-likeness (QED) is 0.150. The molecule has 230 valence electrons. The van der Waals surface area contributed by atoms with E-state index in [1.54, 1.807) is 24.3 Å². The second-order valence-corrected chi connectivity index (χ2v) is 10.9. The van der Waals surface area contributed by atoms with E-state index in [-0.39, 0.29) is 31.1 Å². The molecule has 2 aliphatic heterocycles. The zero-order valence-electron chi connectivity index (χ0n) is 24.1. The highest BCUT2D eigenvalue weighted by Crippen LogP contribution is 2.22. The summed E-state index contributed by atoms with van der Waals surface area (Å²) in [6.07, 6.45) is 1.04. The van der Waals surface area contributed by atoms with E-state index < -0.39 is 60.2 Å². The van der Waals surface area contributed by atoms with Crippen molar-refractivity contribution < 1.29 is 38.7 Å². The molecule has 42 heavy (non-hydrogen) atoms. The van der Waals surface area contributed by atoms with Gasteiger partial charge in [0.15, 0.2) is 0 Å². The molecular formula is C28H40N6O8. The van der Waals surface area contributed by atoms with Gasteiger partial charge in [-0.15, -0.1) is 0 Å². The van der Waals surface area contributed by atoms with Crippen LogP contribution in [0.1, 0.15) is 51.5 Å². The van der Waals surface area contributed by atoms with E-state index in [4.69, 9.17) is 9.94 Å². The minimum Gasteiger partial charge on any atom is -0.497 e. The van der Waals surface area contributed by atoms with Crippen molar-refractivity contribution in [3.63, 3.8) is 0 Å². The molecular weight excluding hydrogens is 548 g/mol. The maximum Gasteiger partial charge on any atom is 0.262 e. The van der Waals surface area contributed by atoms with Crippen LogP contribution in [0.5, 0.6) is 5.75 Å². The van der Waals surface area contributed by atoms with Crippen molar-refractivity contribution in [3.05, 3.63) is 29.8 Å². The lowest BCUT2D eigenvalue weighted by Crippen LogP contribution is -2.61. The van der Waals surface area contributed by atoms with Gasteiger partial charge >= 0.3 is 0 Å². The van der Waals surface area contributed by atoms with E-state index in [9.17, 15) is 28.8 Å². The van der Waals surface area contributed by atoms with Gasteiger partial charge < -0.3 is 30.9 Å². The van der Waals surface area contributed by atoms with Crippen molar-refractivity contribution in [1.82, 2.24) is 31.6 Å². The molecule has 0 unspecified atom stereocenters. The average molecular weight is 589 g/mol. The zero-order valence-corrected chi connectivity index (χ0v) is 24.1. The smallest absolute Gasteiger partial charge is 0.262 e. The maximum absolute atomic E-state index is 13.6. The number of hydrogen-bond acceptors (Lipinski definition) is 8. The minimum absolute atomic E-state index is 0.0654. The number of amides is 6. The molecule has 0 radical (unpaired) electrons. The molecule has 1 aromatic rings. The van der Waals surface area contributed by atoms with Crippen molar-refractivity contribution in [1.29, 1.82) is 0 Å². The van der Waals surface area contributed by atoms with Crippen LogP contribution in [0.4, 0.5) is 0 Å². The molecule has 14 nitrogen and oxygen atoms in total. The van der Waals surface area contributed by atoms with Crippen LogP contribution >= 0.6 is 0 Å². The predicted octanol–water partition coefficient (Wildman–Crippen LogP) is -0.855. The lowest BCUT2D eigenvalue weighted by atomic mass is 9.99. The number of carbonyl (C=O) groups is 6. The summed E-state index contributed by atoms with van der Waals surface area (Å²) in [4.78, 5) is 79.1. The van der Waals surface area contributed by atoms with Gasteiger partial charge in [-0.2, -0.15) is 0 Å². The van der Waals surface area contributed by atoms with E-state index in [0.29, 0.717) is 31.6 Å². The lowest BCUT2D eigenvalue weighted by molar-refractivity contribution is -0.143. The summed E-state index contributed by atoms with van der Waals surface area (Å²) in [7, 11) is 1.53. The highest BCUT2D eigenvalue weighted by molar-refractivity contribution is 5.98. The van der Waals surface area contributed by atoms with Gasteiger partial charge in [0.2, 0.25) is 29.5 Å². The molecule has 3 rings (SSSR count). The first-order valence-electron chi connectivity index (χ1n) is 14.1. The van der Waals surface area contributed by atoms with E-state index >= 15 is 0 Å². The highest BCUT2D eigenvalue weighted by atomic mass is 16.5. The Kier molecular flexibility index (Phi) is 11.7. The number of nitrogens with zero attached hydrogens (tertiary/aromatic N) is 1. The topological polar surface area (TPSA) is 195 Å². The number of hydroxylamine groups is 1. The van der Waals surface area contributed by atoms with Crippen LogP contribution in [0.15, 0.2) is 24.3 Å². The summed E-state index contributed by atoms with van der Waals surface area (Å²) >= 11 is 0. The summed E-state index contributed by atoms with van der Waals surface area (Å²) < 4.78 is 5.20. The fourth-order valence-corrected chi connectivity index (χ4v) is 5.07. The second-order valence-electron chi connectivity index (χ2n) is 10.9. The number of rotatable bonds is 10. The molecule has 0 bridgehead atoms. The van der Waals surface area contributed by atoms with Crippen LogP contribution < -0.4 is 31.5 Å². The SMILES string of the molecule is COc1ccc(C[C@H]2NC(=O)[C@H](CCC(=O)NCC(=O)NO)NC(=O)[C@H]3CCCN3C(=O)[C@H](CC(C)C)NC2=O)cc1. The Morgan fingerprint density at radius 3 is 2.26 bits per heavy atom. The molecule has 0 aliphatic carbocycles. The van der Waals surface area contributed by atoms with Crippen molar-refractivity contribution in [2.45, 2.75) is 76.5 Å². The standard InChI is InChI=1S/C28H40N6O8/c1-16(2)13-21-28(40)34-12-4-5-22(34)27(39)30-19(10-11-23(35)29-15-24(36)33-41)25(37)31-20(26(38)32-21)14-17-6-8-18(42-3)9-7-17/h6-9,16,19-22,41H,4-5,10-15H2,1-3H3,(H,29,35)(H,30,39)(H,31,37)(H,32,38)(H,33,36)/t19-,20+,21-,22+/m0/s1. The summed E-state index contributed by atoms with van der Waals surface area (Å²) in [5.74, 6) is -2.84. The van der Waals surface area contributed by atoms with Gasteiger partial charge in [0.1, 0.15) is 29.9 Å². The molecule has 2 heterocycles. The number of hydrogen-bond donors (Lipinski definition) is 6. The van der Waals surface area contributed by atoms with Gasteiger partial charge in [-0.3, -0.25) is 34.0 Å². The number of ether oxygens (including phenoxy) is 1. The van der Waals surface area contributed by atoms with Gasteiger partial charge in [0, 0.05) is 19.4 Å². The minimum atomic E-state index is -1.20. The molecule has 14 heteroatoms. The molecule has 0 spiro atoms. The van der Waals surface area contributed by atoms with Crippen LogP contribution in [-0.2, 0) is 35.2 Å². The summed E-state index contributed by atoms with van der Waals surface area (Å²) in [6.45, 7) is 3.72. The van der Waals surface area contributed by atoms with Crippen LogP contribution in [0.25, 0.3) is 0 Å². The van der Waals surface area contributed by atoms with Crippen LogP contribution in [0.2, 0.25) is 0 Å².